The molecule has 0 aliphatic carbocycles. The van der Waals surface area contributed by atoms with Crippen LogP contribution in [-0.4, -0.2) is 44.9 Å². The molecule has 2 heterocycles. The Morgan fingerprint density at radius 1 is 1.17 bits per heavy atom. The second-order valence-electron chi connectivity index (χ2n) is 6.99. The summed E-state index contributed by atoms with van der Waals surface area (Å²) in [5, 5.41) is 8.07. The Kier molecular flexibility index (Phi) is 6.74. The van der Waals surface area contributed by atoms with Crippen LogP contribution >= 0.6 is 11.8 Å². The van der Waals surface area contributed by atoms with Crippen molar-refractivity contribution in [2.75, 3.05) is 19.4 Å². The van der Waals surface area contributed by atoms with E-state index >= 15 is 0 Å². The van der Waals surface area contributed by atoms with Crippen molar-refractivity contribution in [2.24, 2.45) is 0 Å². The van der Waals surface area contributed by atoms with Crippen LogP contribution in [0.15, 0.2) is 23.4 Å². The first-order chi connectivity index (χ1) is 13.9. The van der Waals surface area contributed by atoms with Crippen LogP contribution in [0.2, 0.25) is 0 Å². The highest BCUT2D eigenvalue weighted by molar-refractivity contribution is 7.98. The van der Waals surface area contributed by atoms with E-state index in [0.717, 1.165) is 33.8 Å². The van der Waals surface area contributed by atoms with E-state index in [0.29, 0.717) is 36.9 Å². The van der Waals surface area contributed by atoms with Gasteiger partial charge in [0.25, 0.3) is 5.78 Å². The number of para-hydroxylation sites is 1. The first-order valence-corrected chi connectivity index (χ1v) is 10.9. The lowest BCUT2D eigenvalue weighted by Gasteiger charge is -2.13. The van der Waals surface area contributed by atoms with Crippen molar-refractivity contribution in [1.29, 1.82) is 0 Å². The van der Waals surface area contributed by atoms with Gasteiger partial charge in [0.05, 0.1) is 6.54 Å². The number of benzene rings is 1. The third-order valence-electron chi connectivity index (χ3n) is 4.89. The average molecular weight is 414 g/mol. The molecule has 3 rings (SSSR count). The van der Waals surface area contributed by atoms with Crippen molar-refractivity contribution < 1.29 is 9.53 Å². The van der Waals surface area contributed by atoms with Crippen LogP contribution in [0.25, 0.3) is 5.78 Å². The van der Waals surface area contributed by atoms with Gasteiger partial charge in [0.1, 0.15) is 12.4 Å². The fourth-order valence-electron chi connectivity index (χ4n) is 3.34. The molecular formula is C21H27N5O2S. The zero-order valence-corrected chi connectivity index (χ0v) is 18.4. The van der Waals surface area contributed by atoms with E-state index in [1.54, 1.807) is 4.52 Å². The molecule has 0 aliphatic rings. The van der Waals surface area contributed by atoms with Crippen LogP contribution in [-0.2, 0) is 11.2 Å². The van der Waals surface area contributed by atoms with Gasteiger partial charge >= 0.3 is 0 Å². The van der Waals surface area contributed by atoms with Crippen molar-refractivity contribution in [3.05, 3.63) is 46.3 Å². The third-order valence-corrected chi connectivity index (χ3v) is 5.43. The normalized spacial score (nSPS) is 11.1. The molecule has 0 saturated carbocycles. The van der Waals surface area contributed by atoms with Gasteiger partial charge in [0, 0.05) is 17.8 Å². The Morgan fingerprint density at radius 2 is 1.90 bits per heavy atom. The van der Waals surface area contributed by atoms with Crippen molar-refractivity contribution >= 4 is 23.4 Å². The smallest absolute Gasteiger partial charge is 0.253 e. The number of carbonyl (C=O) groups is 1. The van der Waals surface area contributed by atoms with E-state index in [9.17, 15) is 4.79 Å². The van der Waals surface area contributed by atoms with Crippen LogP contribution in [0.1, 0.15) is 34.5 Å². The molecule has 2 aromatic heterocycles. The van der Waals surface area contributed by atoms with E-state index < -0.39 is 0 Å². The molecule has 0 fully saturated rings. The zero-order chi connectivity index (χ0) is 21.0. The summed E-state index contributed by atoms with van der Waals surface area (Å²) < 4.78 is 7.59. The lowest BCUT2D eigenvalue weighted by atomic mass is 10.1. The maximum atomic E-state index is 12.3. The molecule has 8 heteroatoms. The Bertz CT molecular complexity index is 1010. The van der Waals surface area contributed by atoms with Crippen molar-refractivity contribution in [3.63, 3.8) is 0 Å². The van der Waals surface area contributed by atoms with Gasteiger partial charge in [-0.1, -0.05) is 30.0 Å². The molecule has 1 aromatic carbocycles. The number of ether oxygens (including phenoxy) is 1. The fourth-order valence-corrected chi connectivity index (χ4v) is 3.67. The van der Waals surface area contributed by atoms with Gasteiger partial charge in [-0.3, -0.25) is 4.79 Å². The topological polar surface area (TPSA) is 81.4 Å². The first kappa shape index (κ1) is 21.1. The summed E-state index contributed by atoms with van der Waals surface area (Å²) >= 11 is 1.49. The molecule has 1 N–H and O–H groups in total. The second-order valence-corrected chi connectivity index (χ2v) is 7.76. The van der Waals surface area contributed by atoms with E-state index in [-0.39, 0.29) is 5.91 Å². The van der Waals surface area contributed by atoms with Gasteiger partial charge in [0.15, 0.2) is 0 Å². The standard InChI is InChI=1S/C21H27N5O2S/c1-13-7-6-8-14(2)19(13)28-12-11-22-18(27)10-9-17-15(3)23-20-24-21(29-5)25-26(20)16(17)4/h6-8H,9-12H2,1-5H3,(H,22,27). The summed E-state index contributed by atoms with van der Waals surface area (Å²) in [5.74, 6) is 1.49. The van der Waals surface area contributed by atoms with E-state index in [1.165, 1.54) is 11.8 Å². The summed E-state index contributed by atoms with van der Waals surface area (Å²) in [6, 6.07) is 6.05. The Balaban J connectivity index is 1.53. The van der Waals surface area contributed by atoms with Crippen molar-refractivity contribution in [2.45, 2.75) is 45.7 Å². The van der Waals surface area contributed by atoms with E-state index in [1.807, 2.05) is 52.1 Å². The predicted molar refractivity (Wildman–Crippen MR) is 115 cm³/mol. The highest BCUT2D eigenvalue weighted by atomic mass is 32.2. The highest BCUT2D eigenvalue weighted by Gasteiger charge is 2.14. The zero-order valence-electron chi connectivity index (χ0n) is 17.6. The van der Waals surface area contributed by atoms with Crippen LogP contribution < -0.4 is 10.1 Å². The molecule has 0 bridgehead atoms. The SMILES string of the molecule is CSc1nc2nc(C)c(CCC(=O)NCCOc3c(C)cccc3C)c(C)n2n1. The Morgan fingerprint density at radius 3 is 2.59 bits per heavy atom. The summed E-state index contributed by atoms with van der Waals surface area (Å²) in [5.41, 5.74) is 5.11. The van der Waals surface area contributed by atoms with Gasteiger partial charge in [-0.2, -0.15) is 4.98 Å². The first-order valence-electron chi connectivity index (χ1n) is 9.63. The minimum absolute atomic E-state index is 0.00241. The molecule has 0 spiro atoms. The fraction of sp³-hybridized carbons (Fsp3) is 0.429. The number of carbonyl (C=O) groups excluding carboxylic acids is 1. The largest absolute Gasteiger partial charge is 0.491 e. The molecule has 1 amide bonds. The lowest BCUT2D eigenvalue weighted by molar-refractivity contribution is -0.121. The van der Waals surface area contributed by atoms with Crippen molar-refractivity contribution in [3.8, 4) is 5.75 Å². The number of hydrogen-bond donors (Lipinski definition) is 1. The second kappa shape index (κ2) is 9.26. The number of nitrogens with zero attached hydrogens (tertiary/aromatic N) is 4. The van der Waals surface area contributed by atoms with Crippen LogP contribution in [0.4, 0.5) is 0 Å². The molecule has 3 aromatic rings. The number of thioether (sulfide) groups is 1. The molecule has 0 unspecified atom stereocenters. The van der Waals surface area contributed by atoms with Crippen LogP contribution in [0.5, 0.6) is 5.75 Å². The Labute approximate surface area is 175 Å². The van der Waals surface area contributed by atoms with Crippen LogP contribution in [0, 0.1) is 27.7 Å². The summed E-state index contributed by atoms with van der Waals surface area (Å²) in [7, 11) is 0. The van der Waals surface area contributed by atoms with Gasteiger partial charge in [-0.05, 0) is 57.1 Å². The third kappa shape index (κ3) is 4.87. The molecular weight excluding hydrogens is 386 g/mol. The van der Waals surface area contributed by atoms with Gasteiger partial charge in [-0.15, -0.1) is 5.10 Å². The lowest BCUT2D eigenvalue weighted by Crippen LogP contribution is -2.28. The molecule has 0 atom stereocenters. The molecule has 154 valence electrons. The number of rotatable bonds is 8. The van der Waals surface area contributed by atoms with Gasteiger partial charge in [-0.25, -0.2) is 9.50 Å². The minimum atomic E-state index is -0.00241. The molecule has 0 radical (unpaired) electrons. The number of aromatic nitrogens is 4. The molecule has 29 heavy (non-hydrogen) atoms. The highest BCUT2D eigenvalue weighted by Crippen LogP contribution is 2.22. The molecule has 7 nitrogen and oxygen atoms in total. The monoisotopic (exact) mass is 413 g/mol. The maximum absolute atomic E-state index is 12.3. The summed E-state index contributed by atoms with van der Waals surface area (Å²) in [6.45, 7) is 8.90. The number of fused-ring (bicyclic) bond motifs is 1. The van der Waals surface area contributed by atoms with Crippen LogP contribution in [0.3, 0.4) is 0 Å². The van der Waals surface area contributed by atoms with Gasteiger partial charge < -0.3 is 10.1 Å². The van der Waals surface area contributed by atoms with Gasteiger partial charge in [0.2, 0.25) is 11.1 Å². The average Bonchev–Trinajstić information content (AvgIpc) is 3.10. The van der Waals surface area contributed by atoms with E-state index in [2.05, 4.69) is 20.4 Å². The number of nitrogens with one attached hydrogen (secondary N) is 1. The van der Waals surface area contributed by atoms with E-state index in [4.69, 9.17) is 4.74 Å². The predicted octanol–water partition coefficient (Wildman–Crippen LogP) is 3.21. The maximum Gasteiger partial charge on any atom is 0.253 e. The molecule has 0 saturated heterocycles. The summed E-state index contributed by atoms with van der Waals surface area (Å²) in [4.78, 5) is 21.2. The minimum Gasteiger partial charge on any atom is -0.491 e. The number of aryl methyl sites for hydroxylation is 4. The number of amides is 1. The quantitative estimate of drug-likeness (QED) is 0.451. The summed E-state index contributed by atoms with van der Waals surface area (Å²) in [6.07, 6.45) is 2.94. The number of hydrogen-bond acceptors (Lipinski definition) is 6. The van der Waals surface area contributed by atoms with Crippen molar-refractivity contribution in [1.82, 2.24) is 24.9 Å². The Hall–Kier alpha value is -2.61. The molecule has 0 aliphatic heterocycles.